The lowest BCUT2D eigenvalue weighted by Gasteiger charge is -2.62. The average molecular weight is 1220 g/mol. The number of esters is 3. The summed E-state index contributed by atoms with van der Waals surface area (Å²) in [6.07, 6.45) is 9.06. The Labute approximate surface area is 514 Å². The summed E-state index contributed by atoms with van der Waals surface area (Å²) < 4.78 is 79.8. The van der Waals surface area contributed by atoms with Crippen molar-refractivity contribution in [2.45, 2.75) is 160 Å². The molecule has 4 saturated carbocycles. The Morgan fingerprint density at radius 1 is 0.609 bits per heavy atom. The van der Waals surface area contributed by atoms with Gasteiger partial charge in [0.15, 0.2) is 0 Å². The van der Waals surface area contributed by atoms with Crippen molar-refractivity contribution < 1.29 is 45.4 Å². The number of nitrogens with zero attached hydrogens (tertiary/aromatic N) is 4. The molecule has 0 saturated heterocycles. The van der Waals surface area contributed by atoms with E-state index in [1.165, 1.54) is 15.7 Å². The number of hydrogen-bond donors (Lipinski definition) is 0. The molecule has 16 heteroatoms. The lowest BCUT2D eigenvalue weighted by atomic mass is 9.43. The van der Waals surface area contributed by atoms with Crippen molar-refractivity contribution in [2.75, 3.05) is 15.7 Å². The highest BCUT2D eigenvalue weighted by Gasteiger charge is 2.65. The Morgan fingerprint density at radius 3 is 1.64 bits per heavy atom. The minimum atomic E-state index is -4.10. The SMILES string of the molecule is COC(=O)CC[C@@H](C)[C@H]1CC[C@H]2[C@@H]3CC[C@@H]4C[C@H]5CC[C@]4(C)[C@H]3C[C@H](OC(=O)CCc3ccc(cc3)N(S(=O)(=O)c3ccc(C)cc3)Cc3cccc(c3)N=Nc3cccc(c3)CN(S(=O)(=O)c3ccc(C)cc3)c3ccc(cc3)CCC(=O)O5)[C@]12C. The van der Waals surface area contributed by atoms with E-state index >= 15 is 0 Å². The lowest BCUT2D eigenvalue weighted by molar-refractivity contribution is -0.199. The molecule has 87 heavy (non-hydrogen) atoms. The van der Waals surface area contributed by atoms with Crippen LogP contribution in [-0.2, 0) is 74.6 Å². The van der Waals surface area contributed by atoms with Crippen LogP contribution in [0.15, 0.2) is 166 Å². The normalized spacial score (nSPS) is 26.7. The van der Waals surface area contributed by atoms with Gasteiger partial charge in [0.1, 0.15) is 12.2 Å². The molecule has 10 atom stereocenters. The molecule has 7 heterocycles. The number of carbonyl (C=O) groups is 3. The van der Waals surface area contributed by atoms with E-state index in [0.29, 0.717) is 83.2 Å². The molecule has 11 aliphatic rings. The van der Waals surface area contributed by atoms with Crippen LogP contribution in [0.3, 0.4) is 0 Å². The number of anilines is 2. The van der Waals surface area contributed by atoms with Crippen molar-refractivity contribution >= 4 is 60.7 Å². The van der Waals surface area contributed by atoms with Gasteiger partial charge in [-0.05, 0) is 220 Å². The van der Waals surface area contributed by atoms with E-state index < -0.39 is 20.0 Å². The van der Waals surface area contributed by atoms with Crippen LogP contribution in [0.4, 0.5) is 22.7 Å². The predicted molar refractivity (Wildman–Crippen MR) is 336 cm³/mol. The summed E-state index contributed by atoms with van der Waals surface area (Å²) in [6, 6.07) is 42.7. The van der Waals surface area contributed by atoms with Crippen LogP contribution < -0.4 is 8.61 Å². The first-order valence-electron chi connectivity index (χ1n) is 31.1. The van der Waals surface area contributed by atoms with E-state index in [1.54, 1.807) is 109 Å². The van der Waals surface area contributed by atoms with Gasteiger partial charge >= 0.3 is 17.9 Å². The number of rotatable bonds is 8. The monoisotopic (exact) mass is 1210 g/mol. The Kier molecular flexibility index (Phi) is 18.0. The maximum atomic E-state index is 14.7. The molecule has 458 valence electrons. The average Bonchev–Trinajstić information content (AvgIpc) is 1.69. The molecule has 4 aliphatic carbocycles. The number of hydrogen-bond acceptors (Lipinski definition) is 12. The third-order valence-corrected chi connectivity index (χ3v) is 24.3. The van der Waals surface area contributed by atoms with Crippen molar-refractivity contribution in [1.82, 2.24) is 0 Å². The molecule has 4 fully saturated rings. The molecule has 6 aromatic rings. The molecular formula is C71H82N4O10S2. The fourth-order valence-corrected chi connectivity index (χ4v) is 18.8. The molecular weight excluding hydrogens is 1130 g/mol. The number of ether oxygens (including phenoxy) is 3. The molecule has 0 aromatic heterocycles. The summed E-state index contributed by atoms with van der Waals surface area (Å²) in [5.74, 6) is 1.20. The summed E-state index contributed by atoms with van der Waals surface area (Å²) in [7, 11) is -6.74. The van der Waals surface area contributed by atoms with Gasteiger partial charge < -0.3 is 14.2 Å². The highest BCUT2D eigenvalue weighted by molar-refractivity contribution is 7.93. The Hall–Kier alpha value is -7.17. The second kappa shape index (κ2) is 25.5. The van der Waals surface area contributed by atoms with Gasteiger partial charge in [-0.2, -0.15) is 10.2 Å². The number of sulfonamides is 2. The van der Waals surface area contributed by atoms with Gasteiger partial charge in [0.05, 0.1) is 52.7 Å². The fourth-order valence-electron chi connectivity index (χ4n) is 15.8. The zero-order valence-electron chi connectivity index (χ0n) is 51.0. The maximum absolute atomic E-state index is 14.7. The lowest BCUT2D eigenvalue weighted by Crippen LogP contribution is -2.59. The summed E-state index contributed by atoms with van der Waals surface area (Å²) in [5.41, 5.74) is 6.47. The van der Waals surface area contributed by atoms with E-state index in [0.717, 1.165) is 73.6 Å². The van der Waals surface area contributed by atoms with Gasteiger partial charge in [0.25, 0.3) is 20.0 Å². The number of aryl methyl sites for hydroxylation is 4. The topological polar surface area (TPSA) is 178 Å². The number of fused-ring (bicyclic) bond motifs is 2. The largest absolute Gasteiger partial charge is 0.469 e. The van der Waals surface area contributed by atoms with Crippen LogP contribution in [0, 0.1) is 60.2 Å². The van der Waals surface area contributed by atoms with Crippen molar-refractivity contribution in [3.8, 4) is 0 Å². The Morgan fingerprint density at radius 2 is 1.13 bits per heavy atom. The molecule has 13 bridgehead atoms. The van der Waals surface area contributed by atoms with Gasteiger partial charge in [0, 0.05) is 24.7 Å². The van der Waals surface area contributed by atoms with Crippen molar-refractivity contribution in [3.05, 3.63) is 179 Å². The molecule has 0 spiro atoms. The Bertz CT molecular complexity index is 3730. The smallest absolute Gasteiger partial charge is 0.306 e. The molecule has 0 N–H and O–H groups in total. The Balaban J connectivity index is 0.918. The number of benzene rings is 6. The molecule has 6 aromatic carbocycles. The molecule has 0 radical (unpaired) electrons. The van der Waals surface area contributed by atoms with Crippen LogP contribution in [0.2, 0.25) is 0 Å². The van der Waals surface area contributed by atoms with E-state index in [9.17, 15) is 31.2 Å². The minimum absolute atomic E-state index is 0.0121. The van der Waals surface area contributed by atoms with E-state index in [1.807, 2.05) is 50.2 Å². The highest BCUT2D eigenvalue weighted by Crippen LogP contribution is 2.69. The number of methoxy groups -OCH3 is 1. The quantitative estimate of drug-likeness (QED) is 0.105. The molecule has 17 rings (SSSR count). The van der Waals surface area contributed by atoms with E-state index in [2.05, 4.69) is 31.0 Å². The predicted octanol–water partition coefficient (Wildman–Crippen LogP) is 15.1. The maximum Gasteiger partial charge on any atom is 0.306 e. The van der Waals surface area contributed by atoms with Gasteiger partial charge in [-0.3, -0.25) is 23.0 Å². The summed E-state index contributed by atoms with van der Waals surface area (Å²) in [4.78, 5) is 41.0. The third kappa shape index (κ3) is 13.1. The number of carbonyl (C=O) groups excluding carboxylic acids is 3. The van der Waals surface area contributed by atoms with Crippen LogP contribution in [0.5, 0.6) is 0 Å². The van der Waals surface area contributed by atoms with Crippen molar-refractivity contribution in [2.24, 2.45) is 56.6 Å². The van der Waals surface area contributed by atoms with Gasteiger partial charge in [-0.25, -0.2) is 16.8 Å². The van der Waals surface area contributed by atoms with Gasteiger partial charge in [0.2, 0.25) is 0 Å². The number of azo groups is 1. The second-order valence-corrected chi connectivity index (χ2v) is 29.6. The van der Waals surface area contributed by atoms with Crippen LogP contribution in [0.25, 0.3) is 0 Å². The van der Waals surface area contributed by atoms with Gasteiger partial charge in [-0.15, -0.1) is 0 Å². The van der Waals surface area contributed by atoms with Crippen molar-refractivity contribution in [1.29, 1.82) is 0 Å². The van der Waals surface area contributed by atoms with E-state index in [4.69, 9.17) is 14.2 Å². The molecule has 7 aliphatic heterocycles. The van der Waals surface area contributed by atoms with Crippen molar-refractivity contribution in [3.63, 3.8) is 0 Å². The summed E-state index contributed by atoms with van der Waals surface area (Å²) in [6.45, 7) is 10.9. The first kappa shape index (κ1) is 61.5. The zero-order chi connectivity index (χ0) is 61.3. The van der Waals surface area contributed by atoms with E-state index in [-0.39, 0.29) is 88.5 Å². The summed E-state index contributed by atoms with van der Waals surface area (Å²) >= 11 is 0. The summed E-state index contributed by atoms with van der Waals surface area (Å²) in [5, 5.41) is 9.17. The second-order valence-electron chi connectivity index (χ2n) is 25.9. The van der Waals surface area contributed by atoms with Gasteiger partial charge in [-0.1, -0.05) is 105 Å². The fraction of sp³-hybridized carbons (Fsp3) is 0.451. The van der Waals surface area contributed by atoms with Crippen LogP contribution in [-0.4, -0.2) is 54.1 Å². The minimum Gasteiger partial charge on any atom is -0.469 e. The van der Waals surface area contributed by atoms with Crippen LogP contribution >= 0.6 is 0 Å². The standard InChI is InChI=1S/C71H82N4O10S2/c1-47-13-29-60(30-14-47)86(79,80)74-45-52-9-7-11-55(41-52)72-73-56-12-8-10-53(42-56)46-75(87(81,82)61-31-15-48(2)16-32-61)58-27-20-51(21-28-58)23-38-69(78)85-66-44-65-62(64-35-34-63(71(64,66)5)49(3)17-36-67(76)83-6)33-24-54-43-59(39-40-70(54,65)4)84-68(77)37-22-50-18-25-57(74)26-19-50/h7-16,18-21,25-32,41-42,49,54,59,62-66H,17,22-24,33-40,43-46H2,1-6H3/t49-,54-,59-,62+,63-,64+,65+,66+,70+,71-/m1/s1. The molecule has 0 amide bonds. The van der Waals surface area contributed by atoms with Crippen LogP contribution in [0.1, 0.15) is 131 Å². The highest BCUT2D eigenvalue weighted by atomic mass is 32.2. The third-order valence-electron chi connectivity index (χ3n) is 20.7. The first-order valence-corrected chi connectivity index (χ1v) is 34.0. The first-order chi connectivity index (χ1) is 41.7. The zero-order valence-corrected chi connectivity index (χ0v) is 52.6. The molecule has 0 unspecified atom stereocenters. The molecule has 14 nitrogen and oxygen atoms in total.